The maximum Gasteiger partial charge on any atom is 0.292 e. The van der Waals surface area contributed by atoms with Crippen molar-refractivity contribution in [2.24, 2.45) is 0 Å². The van der Waals surface area contributed by atoms with Gasteiger partial charge in [-0.25, -0.2) is 14.4 Å². The molecule has 1 saturated heterocycles. The Kier molecular flexibility index (Phi) is 4.30. The monoisotopic (exact) mass is 353 g/mol. The van der Waals surface area contributed by atoms with Crippen LogP contribution in [-0.2, 0) is 0 Å². The Morgan fingerprint density at radius 3 is 2.54 bits per heavy atom. The maximum atomic E-state index is 13.3. The number of rotatable bonds is 3. The third-order valence-electron chi connectivity index (χ3n) is 4.24. The third-order valence-corrected chi connectivity index (χ3v) is 4.24. The first-order valence-corrected chi connectivity index (χ1v) is 8.24. The van der Waals surface area contributed by atoms with Gasteiger partial charge < -0.3 is 14.3 Å². The Hall–Kier alpha value is -3.29. The summed E-state index contributed by atoms with van der Waals surface area (Å²) in [4.78, 5) is 24.8. The van der Waals surface area contributed by atoms with E-state index in [9.17, 15) is 9.18 Å². The van der Waals surface area contributed by atoms with Crippen LogP contribution in [0.2, 0.25) is 0 Å². The van der Waals surface area contributed by atoms with Crippen molar-refractivity contribution in [1.82, 2.24) is 20.0 Å². The van der Waals surface area contributed by atoms with Crippen LogP contribution >= 0.6 is 0 Å². The quantitative estimate of drug-likeness (QED) is 0.719. The van der Waals surface area contributed by atoms with E-state index in [2.05, 4.69) is 15.1 Å². The molecule has 26 heavy (non-hydrogen) atoms. The Morgan fingerprint density at radius 2 is 1.81 bits per heavy atom. The van der Waals surface area contributed by atoms with Gasteiger partial charge >= 0.3 is 0 Å². The molecule has 0 bridgehead atoms. The Morgan fingerprint density at radius 1 is 1.04 bits per heavy atom. The Balaban J connectivity index is 1.43. The van der Waals surface area contributed by atoms with Gasteiger partial charge in [-0.1, -0.05) is 17.3 Å². The highest BCUT2D eigenvalue weighted by atomic mass is 19.1. The van der Waals surface area contributed by atoms with E-state index in [-0.39, 0.29) is 17.5 Å². The van der Waals surface area contributed by atoms with Gasteiger partial charge in [-0.15, -0.1) is 0 Å². The number of nitrogens with zero attached hydrogens (tertiary/aromatic N) is 5. The van der Waals surface area contributed by atoms with Gasteiger partial charge in [-0.05, 0) is 18.2 Å². The summed E-state index contributed by atoms with van der Waals surface area (Å²) in [5, 5.41) is 3.89. The van der Waals surface area contributed by atoms with Crippen molar-refractivity contribution in [1.29, 1.82) is 0 Å². The lowest BCUT2D eigenvalue weighted by atomic mass is 10.1. The average Bonchev–Trinajstić information content (AvgIpc) is 3.18. The summed E-state index contributed by atoms with van der Waals surface area (Å²) >= 11 is 0. The SMILES string of the molecule is O=C(c1cc(-c2cccc(F)c2)no1)N1CCN(c2ncccn2)CC1. The van der Waals surface area contributed by atoms with Gasteiger partial charge in [0.2, 0.25) is 11.7 Å². The van der Waals surface area contributed by atoms with E-state index in [1.165, 1.54) is 12.1 Å². The average molecular weight is 353 g/mol. The fraction of sp³-hybridized carbons (Fsp3) is 0.222. The van der Waals surface area contributed by atoms with Gasteiger partial charge in [-0.3, -0.25) is 4.79 Å². The molecule has 0 spiro atoms. The maximum absolute atomic E-state index is 13.3. The number of hydrogen-bond donors (Lipinski definition) is 0. The molecule has 8 heteroatoms. The largest absolute Gasteiger partial charge is 0.350 e. The topological polar surface area (TPSA) is 75.4 Å². The van der Waals surface area contributed by atoms with Crippen LogP contribution in [0.5, 0.6) is 0 Å². The molecular weight excluding hydrogens is 337 g/mol. The van der Waals surface area contributed by atoms with Gasteiger partial charge in [-0.2, -0.15) is 0 Å². The van der Waals surface area contributed by atoms with Crippen molar-refractivity contribution in [2.45, 2.75) is 0 Å². The number of carbonyl (C=O) groups is 1. The molecule has 7 nitrogen and oxygen atoms in total. The van der Waals surface area contributed by atoms with Crippen molar-refractivity contribution in [3.8, 4) is 11.3 Å². The van der Waals surface area contributed by atoms with E-state index in [0.717, 1.165) is 0 Å². The Labute approximate surface area is 149 Å². The molecule has 1 aromatic carbocycles. The van der Waals surface area contributed by atoms with Crippen molar-refractivity contribution in [2.75, 3.05) is 31.1 Å². The molecule has 0 N–H and O–H groups in total. The minimum absolute atomic E-state index is 0.147. The van der Waals surface area contributed by atoms with Crippen LogP contribution in [0.25, 0.3) is 11.3 Å². The number of piperazine rings is 1. The molecule has 0 saturated carbocycles. The molecule has 0 unspecified atom stereocenters. The van der Waals surface area contributed by atoms with Crippen LogP contribution in [0, 0.1) is 5.82 Å². The highest BCUT2D eigenvalue weighted by molar-refractivity contribution is 5.92. The van der Waals surface area contributed by atoms with E-state index in [0.29, 0.717) is 43.4 Å². The highest BCUT2D eigenvalue weighted by Gasteiger charge is 2.26. The van der Waals surface area contributed by atoms with Crippen molar-refractivity contribution >= 4 is 11.9 Å². The van der Waals surface area contributed by atoms with Crippen molar-refractivity contribution in [3.63, 3.8) is 0 Å². The number of amides is 1. The van der Waals surface area contributed by atoms with Gasteiger partial charge in [0.05, 0.1) is 0 Å². The van der Waals surface area contributed by atoms with E-state index in [1.54, 1.807) is 41.6 Å². The molecule has 1 aliphatic rings. The molecular formula is C18H16FN5O2. The van der Waals surface area contributed by atoms with E-state index in [1.807, 2.05) is 4.90 Å². The molecule has 3 heterocycles. The first-order valence-electron chi connectivity index (χ1n) is 8.24. The molecule has 0 atom stereocenters. The van der Waals surface area contributed by atoms with Crippen LogP contribution in [0.1, 0.15) is 10.6 Å². The second kappa shape index (κ2) is 6.91. The zero-order valence-electron chi connectivity index (χ0n) is 13.9. The molecule has 1 aliphatic heterocycles. The molecule has 1 amide bonds. The standard InChI is InChI=1S/C18H16FN5O2/c19-14-4-1-3-13(11-14)15-12-16(26-22-15)17(25)23-7-9-24(10-8-23)18-20-5-2-6-21-18/h1-6,11-12H,7-10H2. The molecule has 0 aliphatic carbocycles. The summed E-state index contributed by atoms with van der Waals surface area (Å²) in [6.45, 7) is 2.35. The van der Waals surface area contributed by atoms with E-state index in [4.69, 9.17) is 4.52 Å². The van der Waals surface area contributed by atoms with Gasteiger partial charge in [0.1, 0.15) is 11.5 Å². The lowest BCUT2D eigenvalue weighted by Gasteiger charge is -2.34. The van der Waals surface area contributed by atoms with Crippen LogP contribution in [0.15, 0.2) is 53.3 Å². The second-order valence-corrected chi connectivity index (χ2v) is 5.91. The molecule has 4 rings (SSSR count). The summed E-state index contributed by atoms with van der Waals surface area (Å²) in [6, 6.07) is 9.32. The molecule has 0 radical (unpaired) electrons. The number of carbonyl (C=O) groups excluding carboxylic acids is 1. The molecule has 3 aromatic rings. The smallest absolute Gasteiger partial charge is 0.292 e. The number of halogens is 1. The number of anilines is 1. The Bertz CT molecular complexity index is 907. The van der Waals surface area contributed by atoms with Crippen LogP contribution in [0.3, 0.4) is 0 Å². The summed E-state index contributed by atoms with van der Waals surface area (Å²) < 4.78 is 18.5. The van der Waals surface area contributed by atoms with Crippen molar-refractivity contribution < 1.29 is 13.7 Å². The van der Waals surface area contributed by atoms with Crippen LogP contribution in [-0.4, -0.2) is 52.1 Å². The predicted octanol–water partition coefficient (Wildman–Crippen LogP) is 2.23. The normalized spacial score (nSPS) is 14.5. The number of aromatic nitrogens is 3. The first-order chi connectivity index (χ1) is 12.7. The first kappa shape index (κ1) is 16.2. The van der Waals surface area contributed by atoms with Crippen molar-refractivity contribution in [3.05, 3.63) is 60.4 Å². The number of benzene rings is 1. The van der Waals surface area contributed by atoms with Gasteiger partial charge in [0.15, 0.2) is 0 Å². The minimum atomic E-state index is -0.363. The predicted molar refractivity (Wildman–Crippen MR) is 92.0 cm³/mol. The lowest BCUT2D eigenvalue weighted by Crippen LogP contribution is -2.49. The molecule has 2 aromatic heterocycles. The molecule has 132 valence electrons. The van der Waals surface area contributed by atoms with Gasteiger partial charge in [0.25, 0.3) is 5.91 Å². The van der Waals surface area contributed by atoms with E-state index >= 15 is 0 Å². The zero-order chi connectivity index (χ0) is 17.9. The fourth-order valence-corrected chi connectivity index (χ4v) is 2.88. The summed E-state index contributed by atoms with van der Waals surface area (Å²) in [7, 11) is 0. The van der Waals surface area contributed by atoms with Crippen LogP contribution < -0.4 is 4.90 Å². The summed E-state index contributed by atoms with van der Waals surface area (Å²) in [6.07, 6.45) is 3.39. The van der Waals surface area contributed by atoms with Crippen LogP contribution in [0.4, 0.5) is 10.3 Å². The fourth-order valence-electron chi connectivity index (χ4n) is 2.88. The van der Waals surface area contributed by atoms with E-state index < -0.39 is 0 Å². The third kappa shape index (κ3) is 3.26. The molecule has 1 fully saturated rings. The lowest BCUT2D eigenvalue weighted by molar-refractivity contribution is 0.0704. The number of hydrogen-bond acceptors (Lipinski definition) is 6. The second-order valence-electron chi connectivity index (χ2n) is 5.91. The highest BCUT2D eigenvalue weighted by Crippen LogP contribution is 2.21. The van der Waals surface area contributed by atoms with Gasteiger partial charge in [0, 0.05) is 50.2 Å². The summed E-state index contributed by atoms with van der Waals surface area (Å²) in [5.41, 5.74) is 1.00. The summed E-state index contributed by atoms with van der Waals surface area (Å²) in [5.74, 6) is 0.215. The minimum Gasteiger partial charge on any atom is -0.350 e. The zero-order valence-corrected chi connectivity index (χ0v) is 13.9.